The lowest BCUT2D eigenvalue weighted by Crippen LogP contribution is -2.12. The van der Waals surface area contributed by atoms with Crippen molar-refractivity contribution in [2.24, 2.45) is 0 Å². The maximum absolute atomic E-state index is 11.8. The van der Waals surface area contributed by atoms with Crippen LogP contribution in [-0.4, -0.2) is 22.1 Å². The van der Waals surface area contributed by atoms with E-state index in [1.165, 1.54) is 10.8 Å². The van der Waals surface area contributed by atoms with Gasteiger partial charge in [-0.1, -0.05) is 20.8 Å². The van der Waals surface area contributed by atoms with Gasteiger partial charge in [0, 0.05) is 15.8 Å². The van der Waals surface area contributed by atoms with Crippen LogP contribution in [0.1, 0.15) is 43.7 Å². The van der Waals surface area contributed by atoms with Gasteiger partial charge in [0.1, 0.15) is 5.69 Å². The minimum Gasteiger partial charge on any atom is -0.461 e. The molecule has 0 atom stereocenters. The van der Waals surface area contributed by atoms with Crippen LogP contribution in [0, 0.1) is 0 Å². The summed E-state index contributed by atoms with van der Waals surface area (Å²) in [4.78, 5) is 16.0. The van der Waals surface area contributed by atoms with Crippen LogP contribution in [0.5, 0.6) is 0 Å². The normalized spacial score (nSPS) is 12.5. The number of ether oxygens (including phenoxy) is 1. The Morgan fingerprint density at radius 3 is 2.81 bits per heavy atom. The first-order valence-electron chi connectivity index (χ1n) is 7.08. The van der Waals surface area contributed by atoms with Crippen LogP contribution in [0.3, 0.4) is 0 Å². The number of carbonyl (C=O) groups is 1. The molecule has 21 heavy (non-hydrogen) atoms. The molecule has 2 N–H and O–H groups in total. The van der Waals surface area contributed by atoms with Gasteiger partial charge < -0.3 is 14.3 Å². The minimum absolute atomic E-state index is 0.0612. The van der Waals surface area contributed by atoms with E-state index in [9.17, 15) is 4.79 Å². The molecule has 0 fully saturated rings. The lowest BCUT2D eigenvalue weighted by atomic mass is 9.86. The van der Waals surface area contributed by atoms with Gasteiger partial charge in [-0.15, -0.1) is 0 Å². The molecule has 0 aliphatic carbocycles. The van der Waals surface area contributed by atoms with Crippen molar-refractivity contribution in [3.8, 4) is 0 Å². The van der Waals surface area contributed by atoms with Gasteiger partial charge in [-0.2, -0.15) is 0 Å². The molecule has 1 aromatic heterocycles. The molecular formula is C15H19NO3S2. The molecule has 2 rings (SSSR count). The second-order valence-electron chi connectivity index (χ2n) is 5.74. The van der Waals surface area contributed by atoms with Gasteiger partial charge in [-0.3, -0.25) is 0 Å². The third-order valence-corrected chi connectivity index (χ3v) is 4.48. The third kappa shape index (κ3) is 3.56. The van der Waals surface area contributed by atoms with Crippen LogP contribution in [0.4, 0.5) is 0 Å². The average molecular weight is 327 g/mol. The van der Waals surface area contributed by atoms with Crippen LogP contribution in [-0.2, 0) is 10.2 Å². The van der Waals surface area contributed by atoms with Crippen LogP contribution in [0.25, 0.3) is 12.3 Å². The number of aromatic nitrogens is 1. The second-order valence-corrected chi connectivity index (χ2v) is 7.39. The van der Waals surface area contributed by atoms with E-state index in [2.05, 4.69) is 30.3 Å². The Labute approximate surface area is 133 Å². The number of benzene rings is 1. The highest BCUT2D eigenvalue weighted by molar-refractivity contribution is 8.74. The summed E-state index contributed by atoms with van der Waals surface area (Å²) >= 11 is 1.00. The molecule has 114 valence electrons. The number of fused-ring (bicyclic) bond motifs is 1. The van der Waals surface area contributed by atoms with E-state index in [0.717, 1.165) is 32.4 Å². The summed E-state index contributed by atoms with van der Waals surface area (Å²) in [6, 6.07) is 5.84. The van der Waals surface area contributed by atoms with Crippen LogP contribution < -0.4 is 0 Å². The zero-order valence-electron chi connectivity index (χ0n) is 13.5. The molecule has 0 bridgehead atoms. The molecule has 0 aliphatic rings. The highest BCUT2D eigenvalue weighted by Crippen LogP contribution is 2.39. The predicted molar refractivity (Wildman–Crippen MR) is 89.0 cm³/mol. The Kier molecular flexibility index (Phi) is 4.47. The highest BCUT2D eigenvalue weighted by Gasteiger charge is 2.21. The molecular weight excluding hydrogens is 306 g/mol. The van der Waals surface area contributed by atoms with Gasteiger partial charge in [0.05, 0.1) is 17.7 Å². The van der Waals surface area contributed by atoms with Gasteiger partial charge in [0.25, 0.3) is 0 Å². The Morgan fingerprint density at radius 2 is 2.19 bits per heavy atom. The maximum atomic E-state index is 11.8. The summed E-state index contributed by atoms with van der Waals surface area (Å²) in [6.07, 6.45) is 0. The number of aromatic amines is 1. The zero-order chi connectivity index (χ0) is 16.3. The first-order chi connectivity index (χ1) is 10.4. The summed E-state index contributed by atoms with van der Waals surface area (Å²) < 4.78 is 16.2. The summed E-state index contributed by atoms with van der Waals surface area (Å²) in [5.41, 5.74) is 2.41. The topological polar surface area (TPSA) is 62.3 Å². The van der Waals surface area contributed by atoms with Crippen molar-refractivity contribution in [1.29, 1.82) is 1.43 Å². The first-order valence-corrected chi connectivity index (χ1v) is 8.75. The maximum Gasteiger partial charge on any atom is 0.354 e. The number of rotatable bonds is 5. The Bertz CT molecular complexity index is 679. The SMILES string of the molecule is [3H]OSSc1cc2cc(C(=O)OCC)[nH]c2cc1C(C)(C)C. The molecule has 0 saturated carbocycles. The molecule has 0 spiro atoms. The molecule has 0 aliphatic heterocycles. The highest BCUT2D eigenvalue weighted by atomic mass is 33.1. The fourth-order valence-electron chi connectivity index (χ4n) is 2.17. The average Bonchev–Trinajstić information content (AvgIpc) is 2.86. The molecule has 6 heteroatoms. The quantitative estimate of drug-likeness (QED) is 0.467. The summed E-state index contributed by atoms with van der Waals surface area (Å²) in [5, 5.41) is 0.934. The number of hydrogen-bond donors (Lipinski definition) is 2. The van der Waals surface area contributed by atoms with Crippen molar-refractivity contribution in [2.45, 2.75) is 38.0 Å². The first kappa shape index (κ1) is 14.8. The van der Waals surface area contributed by atoms with Crippen molar-refractivity contribution in [3.05, 3.63) is 29.5 Å². The summed E-state index contributed by atoms with van der Waals surface area (Å²) in [5.74, 6) is -0.353. The van der Waals surface area contributed by atoms with Crippen molar-refractivity contribution in [1.82, 2.24) is 4.98 Å². The van der Waals surface area contributed by atoms with Gasteiger partial charge in [-0.05, 0) is 46.9 Å². The van der Waals surface area contributed by atoms with Crippen molar-refractivity contribution in [3.63, 3.8) is 0 Å². The van der Waals surface area contributed by atoms with Gasteiger partial charge >= 0.3 is 5.97 Å². The number of carbonyl (C=O) groups excluding carboxylic acids is 1. The molecule has 0 amide bonds. The van der Waals surface area contributed by atoms with Gasteiger partial charge in [0.2, 0.25) is 1.43 Å². The number of nitrogens with one attached hydrogen (secondary N) is 1. The molecule has 0 unspecified atom stereocenters. The van der Waals surface area contributed by atoms with E-state index in [-0.39, 0.29) is 11.4 Å². The standard InChI is InChI=1S/C15H19NO3S2/c1-5-19-14(17)12-6-9-7-13(20-21-18)10(15(2,3)4)8-11(9)16-12/h6-8,16,18H,5H2,1-4H3/i/hT. The van der Waals surface area contributed by atoms with Crippen molar-refractivity contribution < 1.29 is 14.1 Å². The van der Waals surface area contributed by atoms with E-state index in [1.54, 1.807) is 13.0 Å². The Balaban J connectivity index is 2.50. The third-order valence-electron chi connectivity index (χ3n) is 3.15. The molecule has 1 aromatic carbocycles. The smallest absolute Gasteiger partial charge is 0.354 e. The predicted octanol–water partition coefficient (Wildman–Crippen LogP) is 4.86. The molecule has 0 radical (unpaired) electrons. The van der Waals surface area contributed by atoms with Crippen LogP contribution in [0.2, 0.25) is 0 Å². The number of hydrogen-bond acceptors (Lipinski definition) is 5. The van der Waals surface area contributed by atoms with E-state index >= 15 is 0 Å². The largest absolute Gasteiger partial charge is 0.461 e. The van der Waals surface area contributed by atoms with Gasteiger partial charge in [-0.25, -0.2) is 4.79 Å². The minimum atomic E-state index is -0.353. The van der Waals surface area contributed by atoms with Crippen molar-refractivity contribution in [2.75, 3.05) is 6.61 Å². The van der Waals surface area contributed by atoms with Crippen molar-refractivity contribution >= 4 is 38.7 Å². The molecule has 1 heterocycles. The lowest BCUT2D eigenvalue weighted by Gasteiger charge is -2.22. The summed E-state index contributed by atoms with van der Waals surface area (Å²) in [7, 11) is 1.39. The fourth-order valence-corrected chi connectivity index (χ4v) is 3.51. The summed E-state index contributed by atoms with van der Waals surface area (Å²) in [6.45, 7) is 8.50. The lowest BCUT2D eigenvalue weighted by molar-refractivity contribution is 0.0520. The Morgan fingerprint density at radius 1 is 1.43 bits per heavy atom. The zero-order valence-corrected chi connectivity index (χ0v) is 14.1. The van der Waals surface area contributed by atoms with E-state index in [1.807, 2.05) is 12.1 Å². The number of H-pyrrole nitrogens is 1. The second kappa shape index (κ2) is 6.34. The fraction of sp³-hybridized carbons (Fsp3) is 0.400. The molecule has 4 nitrogen and oxygen atoms in total. The van der Waals surface area contributed by atoms with E-state index in [0.29, 0.717) is 12.3 Å². The molecule has 2 aromatic rings. The van der Waals surface area contributed by atoms with E-state index in [4.69, 9.17) is 6.17 Å². The van der Waals surface area contributed by atoms with Crippen LogP contribution >= 0.6 is 21.9 Å². The van der Waals surface area contributed by atoms with E-state index < -0.39 is 0 Å². The number of esters is 1. The van der Waals surface area contributed by atoms with Crippen LogP contribution in [0.15, 0.2) is 23.1 Å². The molecule has 0 saturated heterocycles. The van der Waals surface area contributed by atoms with Gasteiger partial charge in [0.15, 0.2) is 0 Å². The Hall–Kier alpha value is -1.11. The monoisotopic (exact) mass is 327 g/mol.